The summed E-state index contributed by atoms with van der Waals surface area (Å²) in [5.74, 6) is -0.524. The maximum atomic E-state index is 13.1. The van der Waals surface area contributed by atoms with Gasteiger partial charge in [-0.15, -0.1) is 0 Å². The molecule has 0 saturated carbocycles. The van der Waals surface area contributed by atoms with E-state index < -0.39 is 18.2 Å². The monoisotopic (exact) mass is 798 g/mol. The topological polar surface area (TPSA) is 95.9 Å². The summed E-state index contributed by atoms with van der Waals surface area (Å²) in [6.07, 6.45) is 54.2. The quantitative estimate of drug-likeness (QED) is 0.0325. The Bertz CT molecular complexity index is 1030. The SMILES string of the molecule is CC/C=C/C=C/C=C\C=C/C=C/CCCCCC(=O)OC(CCCCCCCCCCC)CC(=O)NC(CO)C(O)CCCCCCCCCCCCCCCC. The minimum atomic E-state index is -0.794. The second-order valence-electron chi connectivity index (χ2n) is 16.3. The molecule has 3 N–H and O–H groups in total. The largest absolute Gasteiger partial charge is 0.462 e. The van der Waals surface area contributed by atoms with Gasteiger partial charge in [-0.25, -0.2) is 0 Å². The first-order valence-corrected chi connectivity index (χ1v) is 24.1. The van der Waals surface area contributed by atoms with Gasteiger partial charge in [-0.2, -0.15) is 0 Å². The van der Waals surface area contributed by atoms with Crippen molar-refractivity contribution in [3.8, 4) is 0 Å². The number of aliphatic hydroxyl groups excluding tert-OH is 2. The van der Waals surface area contributed by atoms with Crippen molar-refractivity contribution in [2.45, 2.75) is 244 Å². The van der Waals surface area contributed by atoms with Gasteiger partial charge in [0.15, 0.2) is 0 Å². The molecule has 0 aromatic heterocycles. The Hall–Kier alpha value is -2.44. The van der Waals surface area contributed by atoms with Gasteiger partial charge in [0.25, 0.3) is 0 Å². The lowest BCUT2D eigenvalue weighted by Gasteiger charge is -2.24. The molecule has 0 aliphatic rings. The number of rotatable bonds is 42. The lowest BCUT2D eigenvalue weighted by molar-refractivity contribution is -0.151. The summed E-state index contributed by atoms with van der Waals surface area (Å²) in [7, 11) is 0. The summed E-state index contributed by atoms with van der Waals surface area (Å²) in [6.45, 7) is 6.31. The molecule has 330 valence electrons. The second-order valence-corrected chi connectivity index (χ2v) is 16.3. The van der Waals surface area contributed by atoms with Gasteiger partial charge in [0.05, 0.1) is 25.2 Å². The van der Waals surface area contributed by atoms with E-state index in [0.29, 0.717) is 19.3 Å². The summed E-state index contributed by atoms with van der Waals surface area (Å²) < 4.78 is 5.88. The van der Waals surface area contributed by atoms with Crippen LogP contribution in [0.15, 0.2) is 60.8 Å². The van der Waals surface area contributed by atoms with Crippen molar-refractivity contribution < 1.29 is 24.5 Å². The highest BCUT2D eigenvalue weighted by Gasteiger charge is 2.24. The highest BCUT2D eigenvalue weighted by molar-refractivity contribution is 5.77. The molecular weight excluding hydrogens is 707 g/mol. The average molecular weight is 798 g/mol. The van der Waals surface area contributed by atoms with Gasteiger partial charge in [0.1, 0.15) is 6.10 Å². The number of amides is 1. The van der Waals surface area contributed by atoms with E-state index in [1.165, 1.54) is 109 Å². The molecule has 0 aliphatic heterocycles. The maximum absolute atomic E-state index is 13.1. The fraction of sp³-hybridized carbons (Fsp3) is 0.765. The molecule has 0 heterocycles. The summed E-state index contributed by atoms with van der Waals surface area (Å²) in [5.41, 5.74) is 0. The number of allylic oxidation sites excluding steroid dienone is 10. The van der Waals surface area contributed by atoms with Gasteiger partial charge in [0.2, 0.25) is 5.91 Å². The fourth-order valence-corrected chi connectivity index (χ4v) is 7.10. The third-order valence-corrected chi connectivity index (χ3v) is 10.7. The molecule has 1 amide bonds. The van der Waals surface area contributed by atoms with Crippen LogP contribution in [0.4, 0.5) is 0 Å². The minimum Gasteiger partial charge on any atom is -0.462 e. The molecular formula is C51H91NO5. The van der Waals surface area contributed by atoms with E-state index >= 15 is 0 Å². The number of hydrogen-bond acceptors (Lipinski definition) is 5. The van der Waals surface area contributed by atoms with E-state index in [1.807, 2.05) is 42.5 Å². The maximum Gasteiger partial charge on any atom is 0.306 e. The Kier molecular flexibility index (Phi) is 42.7. The predicted octanol–water partition coefficient (Wildman–Crippen LogP) is 14.1. The van der Waals surface area contributed by atoms with Crippen LogP contribution in [0, 0.1) is 0 Å². The number of ether oxygens (including phenoxy) is 1. The van der Waals surface area contributed by atoms with Crippen LogP contribution < -0.4 is 5.32 Å². The predicted molar refractivity (Wildman–Crippen MR) is 245 cm³/mol. The third-order valence-electron chi connectivity index (χ3n) is 10.7. The molecule has 0 rings (SSSR count). The third kappa shape index (κ3) is 40.1. The van der Waals surface area contributed by atoms with Crippen molar-refractivity contribution in [1.29, 1.82) is 0 Å². The van der Waals surface area contributed by atoms with Crippen molar-refractivity contribution in [3.05, 3.63) is 60.8 Å². The lowest BCUT2D eigenvalue weighted by atomic mass is 10.0. The zero-order valence-corrected chi connectivity index (χ0v) is 37.5. The smallest absolute Gasteiger partial charge is 0.306 e. The zero-order chi connectivity index (χ0) is 41.7. The van der Waals surface area contributed by atoms with Gasteiger partial charge >= 0.3 is 5.97 Å². The lowest BCUT2D eigenvalue weighted by Crippen LogP contribution is -2.46. The van der Waals surface area contributed by atoms with Crippen LogP contribution in [0.3, 0.4) is 0 Å². The number of carbonyl (C=O) groups is 2. The van der Waals surface area contributed by atoms with E-state index in [4.69, 9.17) is 4.74 Å². The first-order valence-electron chi connectivity index (χ1n) is 24.1. The first kappa shape index (κ1) is 54.6. The molecule has 3 unspecified atom stereocenters. The van der Waals surface area contributed by atoms with E-state index in [1.54, 1.807) is 0 Å². The molecule has 6 nitrogen and oxygen atoms in total. The number of nitrogens with one attached hydrogen (secondary N) is 1. The van der Waals surface area contributed by atoms with Crippen molar-refractivity contribution in [2.75, 3.05) is 6.61 Å². The van der Waals surface area contributed by atoms with Crippen molar-refractivity contribution in [2.24, 2.45) is 0 Å². The molecule has 3 atom stereocenters. The Morgan fingerprint density at radius 3 is 1.42 bits per heavy atom. The van der Waals surface area contributed by atoms with E-state index in [2.05, 4.69) is 44.3 Å². The van der Waals surface area contributed by atoms with Gasteiger partial charge in [-0.05, 0) is 44.9 Å². The molecule has 6 heteroatoms. The Morgan fingerprint density at radius 2 is 0.947 bits per heavy atom. The first-order chi connectivity index (χ1) is 28.0. The van der Waals surface area contributed by atoms with Crippen molar-refractivity contribution >= 4 is 11.9 Å². The number of unbranched alkanes of at least 4 members (excludes halogenated alkanes) is 24. The molecule has 0 aromatic rings. The Labute approximate surface area is 352 Å². The molecule has 57 heavy (non-hydrogen) atoms. The van der Waals surface area contributed by atoms with E-state index in [-0.39, 0.29) is 24.9 Å². The molecule has 0 radical (unpaired) electrons. The van der Waals surface area contributed by atoms with Crippen LogP contribution >= 0.6 is 0 Å². The van der Waals surface area contributed by atoms with Gasteiger partial charge in [-0.1, -0.05) is 229 Å². The van der Waals surface area contributed by atoms with Crippen LogP contribution in [-0.4, -0.2) is 46.9 Å². The normalized spacial score (nSPS) is 13.8. The Balaban J connectivity index is 4.57. The summed E-state index contributed by atoms with van der Waals surface area (Å²) in [6, 6.07) is -0.709. The number of hydrogen-bond donors (Lipinski definition) is 3. The van der Waals surface area contributed by atoms with Gasteiger partial charge in [-0.3, -0.25) is 9.59 Å². The number of carbonyl (C=O) groups excluding carboxylic acids is 2. The molecule has 0 saturated heterocycles. The van der Waals surface area contributed by atoms with E-state index in [9.17, 15) is 19.8 Å². The standard InChI is InChI=1S/C51H91NO5/c1-4-7-10-13-16-19-21-23-25-27-29-32-35-38-41-44-51(56)57-47(42-39-36-33-30-18-15-12-9-6-3)45-50(55)52-48(46-53)49(54)43-40-37-34-31-28-26-24-22-20-17-14-11-8-5-2/h7,10,13,16,19,21,23,25,27,29,47-49,53-54H,4-6,8-9,11-12,14-15,17-18,20,22,24,26,28,30-46H2,1-3H3,(H,52,55)/b10-7+,16-13+,21-19-,25-23-,29-27+. The van der Waals surface area contributed by atoms with Gasteiger partial charge < -0.3 is 20.3 Å². The summed E-state index contributed by atoms with van der Waals surface area (Å²) in [4.78, 5) is 26.0. The van der Waals surface area contributed by atoms with Crippen LogP contribution in [0.25, 0.3) is 0 Å². The van der Waals surface area contributed by atoms with Crippen molar-refractivity contribution in [3.63, 3.8) is 0 Å². The molecule has 0 spiro atoms. The average Bonchev–Trinajstić information content (AvgIpc) is 3.20. The highest BCUT2D eigenvalue weighted by atomic mass is 16.5. The molecule has 0 bridgehead atoms. The van der Waals surface area contributed by atoms with Gasteiger partial charge in [0, 0.05) is 6.42 Å². The van der Waals surface area contributed by atoms with Crippen LogP contribution in [-0.2, 0) is 14.3 Å². The number of aliphatic hydroxyl groups is 2. The summed E-state index contributed by atoms with van der Waals surface area (Å²) >= 11 is 0. The minimum absolute atomic E-state index is 0.0600. The van der Waals surface area contributed by atoms with Crippen molar-refractivity contribution in [1.82, 2.24) is 5.32 Å². The van der Waals surface area contributed by atoms with Crippen LogP contribution in [0.5, 0.6) is 0 Å². The summed E-state index contributed by atoms with van der Waals surface area (Å²) in [5, 5.41) is 23.7. The van der Waals surface area contributed by atoms with Crippen LogP contribution in [0.1, 0.15) is 226 Å². The fourth-order valence-electron chi connectivity index (χ4n) is 7.10. The zero-order valence-electron chi connectivity index (χ0n) is 37.5. The van der Waals surface area contributed by atoms with Crippen LogP contribution in [0.2, 0.25) is 0 Å². The molecule has 0 aliphatic carbocycles. The number of esters is 1. The molecule has 0 aromatic carbocycles. The van der Waals surface area contributed by atoms with E-state index in [0.717, 1.165) is 70.6 Å². The Morgan fingerprint density at radius 1 is 0.526 bits per heavy atom. The second kappa shape index (κ2) is 44.7. The molecule has 0 fully saturated rings. The highest BCUT2D eigenvalue weighted by Crippen LogP contribution is 2.18.